The van der Waals surface area contributed by atoms with Crippen LogP contribution in [0.2, 0.25) is 0 Å². The van der Waals surface area contributed by atoms with E-state index in [2.05, 4.69) is 18.4 Å². The van der Waals surface area contributed by atoms with E-state index in [0.29, 0.717) is 6.54 Å². The molecular formula is C8H14N2S. The van der Waals surface area contributed by atoms with Gasteiger partial charge in [0.2, 0.25) is 0 Å². The average molecular weight is 170 g/mol. The van der Waals surface area contributed by atoms with Crippen molar-refractivity contribution in [1.82, 2.24) is 0 Å². The molecule has 2 nitrogen and oxygen atoms in total. The largest absolute Gasteiger partial charge is 0.330 e. The van der Waals surface area contributed by atoms with Crippen LogP contribution in [0.5, 0.6) is 0 Å². The summed E-state index contributed by atoms with van der Waals surface area (Å²) in [7, 11) is 0. The molecule has 0 unspecified atom stereocenters. The van der Waals surface area contributed by atoms with Crippen LogP contribution in [0.3, 0.4) is 0 Å². The summed E-state index contributed by atoms with van der Waals surface area (Å²) in [5, 5.41) is 2.07. The van der Waals surface area contributed by atoms with Crippen molar-refractivity contribution in [3.63, 3.8) is 0 Å². The summed E-state index contributed by atoms with van der Waals surface area (Å²) in [5.41, 5.74) is 12.6. The summed E-state index contributed by atoms with van der Waals surface area (Å²) < 4.78 is 0. The Labute approximate surface area is 71.2 Å². The van der Waals surface area contributed by atoms with Crippen LogP contribution in [0.4, 0.5) is 0 Å². The van der Waals surface area contributed by atoms with Gasteiger partial charge in [0.15, 0.2) is 0 Å². The van der Waals surface area contributed by atoms with Crippen molar-refractivity contribution in [2.75, 3.05) is 6.54 Å². The lowest BCUT2D eigenvalue weighted by Crippen LogP contribution is -2.14. The molecule has 0 aliphatic heterocycles. The second-order valence-electron chi connectivity index (χ2n) is 2.65. The quantitative estimate of drug-likeness (QED) is 0.720. The fourth-order valence-electron chi connectivity index (χ4n) is 1.07. The van der Waals surface area contributed by atoms with Gasteiger partial charge in [-0.3, -0.25) is 0 Å². The van der Waals surface area contributed by atoms with Crippen LogP contribution in [0.25, 0.3) is 0 Å². The fraction of sp³-hybridized carbons (Fsp3) is 0.500. The van der Waals surface area contributed by atoms with Crippen LogP contribution in [-0.2, 0) is 0 Å². The third kappa shape index (κ3) is 2.02. The molecule has 0 fully saturated rings. The molecule has 1 heterocycles. The van der Waals surface area contributed by atoms with E-state index in [0.717, 1.165) is 6.42 Å². The highest BCUT2D eigenvalue weighted by Crippen LogP contribution is 2.23. The predicted molar refractivity (Wildman–Crippen MR) is 49.7 cm³/mol. The monoisotopic (exact) mass is 170 g/mol. The molecule has 0 aliphatic carbocycles. The zero-order chi connectivity index (χ0) is 8.27. The van der Waals surface area contributed by atoms with E-state index in [-0.39, 0.29) is 6.04 Å². The molecule has 0 aliphatic rings. The number of hydrogen-bond donors (Lipinski definition) is 2. The molecular weight excluding hydrogens is 156 g/mol. The Bertz CT molecular complexity index is 220. The number of aryl methyl sites for hydroxylation is 1. The first-order chi connectivity index (χ1) is 5.25. The van der Waals surface area contributed by atoms with Crippen LogP contribution >= 0.6 is 11.3 Å². The second-order valence-corrected chi connectivity index (χ2v) is 3.60. The Balaban J connectivity index is 2.67. The van der Waals surface area contributed by atoms with Crippen molar-refractivity contribution in [2.24, 2.45) is 11.5 Å². The van der Waals surface area contributed by atoms with Crippen molar-refractivity contribution < 1.29 is 0 Å². The highest BCUT2D eigenvalue weighted by molar-refractivity contribution is 7.10. The molecule has 1 rings (SSSR count). The topological polar surface area (TPSA) is 52.0 Å². The van der Waals surface area contributed by atoms with E-state index in [1.807, 2.05) is 0 Å². The number of nitrogens with two attached hydrogens (primary N) is 2. The zero-order valence-corrected chi connectivity index (χ0v) is 7.53. The van der Waals surface area contributed by atoms with E-state index >= 15 is 0 Å². The summed E-state index contributed by atoms with van der Waals surface area (Å²) in [6.07, 6.45) is 0.876. The molecule has 1 aromatic rings. The van der Waals surface area contributed by atoms with Gasteiger partial charge in [-0.2, -0.15) is 0 Å². The molecule has 62 valence electrons. The van der Waals surface area contributed by atoms with Crippen molar-refractivity contribution in [2.45, 2.75) is 19.4 Å². The zero-order valence-electron chi connectivity index (χ0n) is 6.71. The van der Waals surface area contributed by atoms with Crippen LogP contribution < -0.4 is 11.5 Å². The van der Waals surface area contributed by atoms with Crippen LogP contribution in [0.1, 0.15) is 22.9 Å². The van der Waals surface area contributed by atoms with Gasteiger partial charge in [-0.05, 0) is 36.9 Å². The molecule has 11 heavy (non-hydrogen) atoms. The number of rotatable bonds is 3. The van der Waals surface area contributed by atoms with E-state index in [1.165, 1.54) is 10.4 Å². The van der Waals surface area contributed by atoms with Gasteiger partial charge in [-0.25, -0.2) is 0 Å². The van der Waals surface area contributed by atoms with Gasteiger partial charge in [0.25, 0.3) is 0 Å². The molecule has 0 saturated heterocycles. The SMILES string of the molecule is Cc1ccsc1[C@@H](N)CCN. The highest BCUT2D eigenvalue weighted by atomic mass is 32.1. The number of thiophene rings is 1. The number of hydrogen-bond acceptors (Lipinski definition) is 3. The van der Waals surface area contributed by atoms with Crippen LogP contribution in [0.15, 0.2) is 11.4 Å². The average Bonchev–Trinajstić information content (AvgIpc) is 2.36. The lowest BCUT2D eigenvalue weighted by Gasteiger charge is -2.08. The minimum Gasteiger partial charge on any atom is -0.330 e. The first-order valence-electron chi connectivity index (χ1n) is 3.75. The second kappa shape index (κ2) is 3.85. The van der Waals surface area contributed by atoms with Crippen LogP contribution in [0, 0.1) is 6.92 Å². The first kappa shape index (κ1) is 8.71. The molecule has 0 bridgehead atoms. The van der Waals surface area contributed by atoms with Crippen LogP contribution in [-0.4, -0.2) is 6.54 Å². The van der Waals surface area contributed by atoms with E-state index in [4.69, 9.17) is 11.5 Å². The molecule has 1 atom stereocenters. The smallest absolute Gasteiger partial charge is 0.0404 e. The third-order valence-corrected chi connectivity index (χ3v) is 2.87. The van der Waals surface area contributed by atoms with Crippen molar-refractivity contribution in [1.29, 1.82) is 0 Å². The Morgan fingerprint density at radius 1 is 1.64 bits per heavy atom. The van der Waals surface area contributed by atoms with E-state index in [9.17, 15) is 0 Å². The summed E-state index contributed by atoms with van der Waals surface area (Å²) in [6, 6.07) is 2.23. The summed E-state index contributed by atoms with van der Waals surface area (Å²) >= 11 is 1.72. The van der Waals surface area contributed by atoms with E-state index in [1.54, 1.807) is 11.3 Å². The maximum absolute atomic E-state index is 5.88. The van der Waals surface area contributed by atoms with Crippen molar-refractivity contribution in [3.05, 3.63) is 21.9 Å². The van der Waals surface area contributed by atoms with Gasteiger partial charge < -0.3 is 11.5 Å². The maximum atomic E-state index is 5.88. The van der Waals surface area contributed by atoms with Gasteiger partial charge in [0.1, 0.15) is 0 Å². The van der Waals surface area contributed by atoms with Gasteiger partial charge >= 0.3 is 0 Å². The standard InChI is InChI=1S/C8H14N2S/c1-6-3-5-11-8(6)7(10)2-4-9/h3,5,7H,2,4,9-10H2,1H3/t7-/m0/s1. The molecule has 0 radical (unpaired) electrons. The predicted octanol–water partition coefficient (Wildman–Crippen LogP) is 1.41. The minimum absolute atomic E-state index is 0.139. The molecule has 0 aromatic carbocycles. The van der Waals surface area contributed by atoms with Crippen molar-refractivity contribution in [3.8, 4) is 0 Å². The first-order valence-corrected chi connectivity index (χ1v) is 4.63. The third-order valence-electron chi connectivity index (χ3n) is 1.72. The molecule has 4 N–H and O–H groups in total. The fourth-order valence-corrected chi connectivity index (χ4v) is 2.04. The maximum Gasteiger partial charge on any atom is 0.0404 e. The Morgan fingerprint density at radius 3 is 2.82 bits per heavy atom. The lowest BCUT2D eigenvalue weighted by molar-refractivity contribution is 0.669. The Hall–Kier alpha value is -0.380. The normalized spacial score (nSPS) is 13.4. The molecule has 0 amide bonds. The summed E-state index contributed by atoms with van der Waals surface area (Å²) in [4.78, 5) is 1.27. The molecule has 0 saturated carbocycles. The van der Waals surface area contributed by atoms with E-state index < -0.39 is 0 Å². The molecule has 3 heteroatoms. The summed E-state index contributed by atoms with van der Waals surface area (Å²) in [6.45, 7) is 2.75. The minimum atomic E-state index is 0.139. The van der Waals surface area contributed by atoms with Crippen molar-refractivity contribution >= 4 is 11.3 Å². The lowest BCUT2D eigenvalue weighted by atomic mass is 10.1. The Kier molecular flexibility index (Phi) is 3.05. The Morgan fingerprint density at radius 2 is 2.36 bits per heavy atom. The highest BCUT2D eigenvalue weighted by Gasteiger charge is 2.08. The van der Waals surface area contributed by atoms with Gasteiger partial charge in [-0.15, -0.1) is 11.3 Å². The summed E-state index contributed by atoms with van der Waals surface area (Å²) in [5.74, 6) is 0. The molecule has 1 aromatic heterocycles. The van der Waals surface area contributed by atoms with Gasteiger partial charge in [0, 0.05) is 10.9 Å². The van der Waals surface area contributed by atoms with Gasteiger partial charge in [0.05, 0.1) is 0 Å². The van der Waals surface area contributed by atoms with Gasteiger partial charge in [-0.1, -0.05) is 0 Å². The molecule has 0 spiro atoms.